The largest absolute Gasteiger partial charge is 0.361 e. The van der Waals surface area contributed by atoms with Gasteiger partial charge in [0, 0.05) is 6.54 Å². The molecule has 86 valence electrons. The van der Waals surface area contributed by atoms with Gasteiger partial charge >= 0.3 is 0 Å². The molecule has 2 nitrogen and oxygen atoms in total. The van der Waals surface area contributed by atoms with E-state index in [4.69, 9.17) is 0 Å². The molecule has 2 rings (SSSR count). The average molecular weight is 252 g/mol. The number of thiazole rings is 1. The fourth-order valence-electron chi connectivity index (χ4n) is 1.52. The minimum Gasteiger partial charge on any atom is -0.361 e. The highest BCUT2D eigenvalue weighted by Crippen LogP contribution is 2.26. The van der Waals surface area contributed by atoms with Crippen LogP contribution in [0.5, 0.6) is 0 Å². The first-order valence-corrected chi connectivity index (χ1v) is 7.60. The quantitative estimate of drug-likeness (QED) is 0.820. The van der Waals surface area contributed by atoms with E-state index in [9.17, 15) is 0 Å². The lowest BCUT2D eigenvalue weighted by Crippen LogP contribution is -2.01. The molecule has 0 amide bonds. The fraction of sp³-hybridized carbons (Fsp3) is 0.417. The van der Waals surface area contributed by atoms with Crippen molar-refractivity contribution < 1.29 is 0 Å². The Morgan fingerprint density at radius 2 is 2.31 bits per heavy atom. The van der Waals surface area contributed by atoms with Gasteiger partial charge in [0.15, 0.2) is 5.13 Å². The van der Waals surface area contributed by atoms with Gasteiger partial charge in [-0.1, -0.05) is 17.4 Å². The van der Waals surface area contributed by atoms with Crippen molar-refractivity contribution in [3.63, 3.8) is 0 Å². The van der Waals surface area contributed by atoms with Crippen molar-refractivity contribution in [1.29, 1.82) is 0 Å². The maximum Gasteiger partial charge on any atom is 0.183 e. The van der Waals surface area contributed by atoms with Crippen molar-refractivity contribution in [3.05, 3.63) is 23.8 Å². The molecular formula is C12H16N2S2. The lowest BCUT2D eigenvalue weighted by Gasteiger charge is -1.99. The number of rotatable bonds is 5. The van der Waals surface area contributed by atoms with Crippen LogP contribution in [0, 0.1) is 6.92 Å². The summed E-state index contributed by atoms with van der Waals surface area (Å²) in [6.07, 6.45) is 3.33. The molecule has 1 aromatic heterocycles. The Balaban J connectivity index is 2.02. The molecule has 0 atom stereocenters. The Morgan fingerprint density at radius 3 is 3.12 bits per heavy atom. The lowest BCUT2D eigenvalue weighted by molar-refractivity contribution is 0.991. The van der Waals surface area contributed by atoms with E-state index in [0.29, 0.717) is 0 Å². The van der Waals surface area contributed by atoms with E-state index in [2.05, 4.69) is 41.7 Å². The van der Waals surface area contributed by atoms with Crippen LogP contribution in [-0.2, 0) is 0 Å². The topological polar surface area (TPSA) is 24.9 Å². The molecule has 0 fully saturated rings. The predicted octanol–water partition coefficient (Wildman–Crippen LogP) is 3.77. The third kappa shape index (κ3) is 2.89. The van der Waals surface area contributed by atoms with Gasteiger partial charge in [0.25, 0.3) is 0 Å². The summed E-state index contributed by atoms with van der Waals surface area (Å²) in [5.41, 5.74) is 2.40. The summed E-state index contributed by atoms with van der Waals surface area (Å²) in [5, 5.41) is 4.43. The molecule has 4 heteroatoms. The van der Waals surface area contributed by atoms with Crippen molar-refractivity contribution in [2.24, 2.45) is 0 Å². The van der Waals surface area contributed by atoms with Crippen molar-refractivity contribution in [2.75, 3.05) is 23.9 Å². The van der Waals surface area contributed by atoms with E-state index < -0.39 is 0 Å². The number of aromatic nitrogens is 1. The normalized spacial score (nSPS) is 10.9. The van der Waals surface area contributed by atoms with E-state index in [1.165, 1.54) is 22.4 Å². The molecular weight excluding hydrogens is 236 g/mol. The average Bonchev–Trinajstić information content (AvgIpc) is 2.66. The number of hydrogen-bond donors (Lipinski definition) is 1. The van der Waals surface area contributed by atoms with Crippen LogP contribution in [-0.4, -0.2) is 23.5 Å². The number of nitrogens with one attached hydrogen (secondary N) is 1. The van der Waals surface area contributed by atoms with Gasteiger partial charge in [0.05, 0.1) is 10.2 Å². The molecule has 16 heavy (non-hydrogen) atoms. The smallest absolute Gasteiger partial charge is 0.183 e. The number of thioether (sulfide) groups is 1. The van der Waals surface area contributed by atoms with E-state index >= 15 is 0 Å². The summed E-state index contributed by atoms with van der Waals surface area (Å²) < 4.78 is 1.27. The first kappa shape index (κ1) is 11.7. The molecule has 0 aliphatic rings. The number of benzene rings is 1. The van der Waals surface area contributed by atoms with Crippen molar-refractivity contribution in [2.45, 2.75) is 13.3 Å². The molecule has 0 radical (unpaired) electrons. The zero-order valence-corrected chi connectivity index (χ0v) is 11.3. The van der Waals surface area contributed by atoms with Gasteiger partial charge in [-0.25, -0.2) is 4.98 Å². The Labute approximate surface area is 104 Å². The number of anilines is 1. The number of nitrogens with zero attached hydrogens (tertiary/aromatic N) is 1. The Morgan fingerprint density at radius 1 is 1.44 bits per heavy atom. The first-order chi connectivity index (χ1) is 7.79. The summed E-state index contributed by atoms with van der Waals surface area (Å²) in [4.78, 5) is 4.55. The molecule has 0 unspecified atom stereocenters. The van der Waals surface area contributed by atoms with Crippen molar-refractivity contribution in [3.8, 4) is 0 Å². The molecule has 1 N–H and O–H groups in total. The second-order valence-corrected chi connectivity index (χ2v) is 5.78. The van der Waals surface area contributed by atoms with Gasteiger partial charge in [-0.3, -0.25) is 0 Å². The summed E-state index contributed by atoms with van der Waals surface area (Å²) in [5.74, 6) is 1.21. The van der Waals surface area contributed by atoms with Crippen LogP contribution in [0.4, 0.5) is 5.13 Å². The Kier molecular flexibility index (Phi) is 4.07. The molecule has 0 bridgehead atoms. The van der Waals surface area contributed by atoms with Crippen LogP contribution in [0.3, 0.4) is 0 Å². The SMILES string of the molecule is CSCCCNc1nc2ccc(C)cc2s1. The first-order valence-electron chi connectivity index (χ1n) is 5.39. The highest BCUT2D eigenvalue weighted by atomic mass is 32.2. The summed E-state index contributed by atoms with van der Waals surface area (Å²) in [6.45, 7) is 3.13. The number of fused-ring (bicyclic) bond motifs is 1. The Hall–Kier alpha value is -0.740. The zero-order chi connectivity index (χ0) is 11.4. The standard InChI is InChI=1S/C12H16N2S2/c1-9-4-5-10-11(8-9)16-12(14-10)13-6-3-7-15-2/h4-5,8H,3,6-7H2,1-2H3,(H,13,14). The second kappa shape index (κ2) is 5.55. The van der Waals surface area contributed by atoms with Crippen molar-refractivity contribution >= 4 is 38.4 Å². The molecule has 0 aliphatic heterocycles. The third-order valence-corrected chi connectivity index (χ3v) is 4.02. The molecule has 2 aromatic rings. The van der Waals surface area contributed by atoms with E-state index in [0.717, 1.165) is 17.2 Å². The fourth-order valence-corrected chi connectivity index (χ4v) is 2.94. The summed E-state index contributed by atoms with van der Waals surface area (Å²) in [6, 6.07) is 6.40. The highest BCUT2D eigenvalue weighted by Gasteiger charge is 2.02. The van der Waals surface area contributed by atoms with Gasteiger partial charge in [-0.2, -0.15) is 11.8 Å². The van der Waals surface area contributed by atoms with Crippen LogP contribution in [0.1, 0.15) is 12.0 Å². The molecule has 1 heterocycles. The van der Waals surface area contributed by atoms with E-state index in [1.54, 1.807) is 11.3 Å². The molecule has 0 saturated heterocycles. The molecule has 0 spiro atoms. The van der Waals surface area contributed by atoms with E-state index in [1.807, 2.05) is 11.8 Å². The molecule has 1 aromatic carbocycles. The minimum absolute atomic E-state index is 1.01. The molecule has 0 aliphatic carbocycles. The van der Waals surface area contributed by atoms with E-state index in [-0.39, 0.29) is 0 Å². The van der Waals surface area contributed by atoms with Crippen LogP contribution in [0.15, 0.2) is 18.2 Å². The summed E-state index contributed by atoms with van der Waals surface area (Å²) in [7, 11) is 0. The maximum absolute atomic E-state index is 4.55. The minimum atomic E-state index is 1.01. The van der Waals surface area contributed by atoms with Gasteiger partial charge in [-0.15, -0.1) is 0 Å². The maximum atomic E-state index is 4.55. The lowest BCUT2D eigenvalue weighted by atomic mass is 10.2. The second-order valence-electron chi connectivity index (χ2n) is 3.76. The van der Waals surface area contributed by atoms with Crippen LogP contribution < -0.4 is 5.32 Å². The summed E-state index contributed by atoms with van der Waals surface area (Å²) >= 11 is 3.63. The van der Waals surface area contributed by atoms with Crippen LogP contribution in [0.25, 0.3) is 10.2 Å². The monoisotopic (exact) mass is 252 g/mol. The van der Waals surface area contributed by atoms with Gasteiger partial charge in [0.1, 0.15) is 0 Å². The highest BCUT2D eigenvalue weighted by molar-refractivity contribution is 7.98. The van der Waals surface area contributed by atoms with Crippen LogP contribution in [0.2, 0.25) is 0 Å². The number of aryl methyl sites for hydroxylation is 1. The van der Waals surface area contributed by atoms with Gasteiger partial charge < -0.3 is 5.32 Å². The Bertz CT molecular complexity index is 465. The van der Waals surface area contributed by atoms with Crippen LogP contribution >= 0.6 is 23.1 Å². The third-order valence-electron chi connectivity index (χ3n) is 2.35. The zero-order valence-electron chi connectivity index (χ0n) is 9.62. The molecule has 0 saturated carbocycles. The van der Waals surface area contributed by atoms with Crippen molar-refractivity contribution in [1.82, 2.24) is 4.98 Å². The predicted molar refractivity (Wildman–Crippen MR) is 75.8 cm³/mol. The number of hydrogen-bond acceptors (Lipinski definition) is 4. The van der Waals surface area contributed by atoms with Gasteiger partial charge in [-0.05, 0) is 43.0 Å². The van der Waals surface area contributed by atoms with Gasteiger partial charge in [0.2, 0.25) is 0 Å².